The van der Waals surface area contributed by atoms with Crippen LogP contribution in [0.4, 0.5) is 0 Å². The highest BCUT2D eigenvalue weighted by Gasteiger charge is 2.18. The number of benzene rings is 6. The molecule has 0 N–H and O–H groups in total. The van der Waals surface area contributed by atoms with Crippen LogP contribution in [0, 0.1) is 0 Å². The van der Waals surface area contributed by atoms with Crippen LogP contribution in [-0.2, 0) is 0 Å². The van der Waals surface area contributed by atoms with Gasteiger partial charge in [0.1, 0.15) is 0 Å². The highest BCUT2D eigenvalue weighted by atomic mass is 15.0. The lowest BCUT2D eigenvalue weighted by molar-refractivity contribution is 1.03. The lowest BCUT2D eigenvalue weighted by Gasteiger charge is -2.14. The molecule has 0 saturated heterocycles. The Hall–Kier alpha value is -5.80. The van der Waals surface area contributed by atoms with Crippen molar-refractivity contribution in [1.29, 1.82) is 0 Å². The summed E-state index contributed by atoms with van der Waals surface area (Å²) in [7, 11) is 0. The first-order valence-corrected chi connectivity index (χ1v) is 15.6. The highest BCUT2D eigenvalue weighted by Crippen LogP contribution is 2.41. The second-order valence-electron chi connectivity index (χ2n) is 11.7. The molecule has 2 heterocycles. The van der Waals surface area contributed by atoms with Gasteiger partial charge in [-0.15, -0.1) is 0 Å². The summed E-state index contributed by atoms with van der Waals surface area (Å²) < 4.78 is 2.42. The molecule has 1 aliphatic carbocycles. The maximum atomic E-state index is 5.13. The normalized spacial score (nSPS) is 13.2. The van der Waals surface area contributed by atoms with Gasteiger partial charge in [-0.05, 0) is 70.3 Å². The van der Waals surface area contributed by atoms with E-state index in [1.807, 2.05) is 18.2 Å². The average molecular weight is 576 g/mol. The fourth-order valence-electron chi connectivity index (χ4n) is 6.92. The minimum Gasteiger partial charge on any atom is -0.309 e. The molecule has 0 saturated carbocycles. The zero-order valence-corrected chi connectivity index (χ0v) is 24.7. The van der Waals surface area contributed by atoms with E-state index in [2.05, 4.69) is 138 Å². The van der Waals surface area contributed by atoms with E-state index in [1.165, 1.54) is 48.9 Å². The zero-order chi connectivity index (χ0) is 29.7. The molecule has 0 spiro atoms. The van der Waals surface area contributed by atoms with Crippen LogP contribution in [0.25, 0.3) is 77.3 Å². The monoisotopic (exact) mass is 575 g/mol. The van der Waals surface area contributed by atoms with Crippen molar-refractivity contribution < 1.29 is 0 Å². The van der Waals surface area contributed by atoms with E-state index >= 15 is 0 Å². The van der Waals surface area contributed by atoms with E-state index in [0.29, 0.717) is 0 Å². The fourth-order valence-corrected chi connectivity index (χ4v) is 6.92. The van der Waals surface area contributed by atoms with Gasteiger partial charge in [-0.3, -0.25) is 0 Å². The van der Waals surface area contributed by atoms with Crippen molar-refractivity contribution in [3.05, 3.63) is 157 Å². The molecule has 0 bridgehead atoms. The molecule has 1 aliphatic rings. The van der Waals surface area contributed by atoms with Gasteiger partial charge in [0.15, 0.2) is 5.82 Å². The van der Waals surface area contributed by atoms with Crippen molar-refractivity contribution in [2.75, 3.05) is 0 Å². The minimum absolute atomic E-state index is 0.749. The topological polar surface area (TPSA) is 30.7 Å². The molecule has 0 radical (unpaired) electrons. The smallest absolute Gasteiger partial charge is 0.160 e. The van der Waals surface area contributed by atoms with Crippen molar-refractivity contribution in [2.45, 2.75) is 12.8 Å². The first kappa shape index (κ1) is 25.7. The van der Waals surface area contributed by atoms with E-state index in [9.17, 15) is 0 Å². The summed E-state index contributed by atoms with van der Waals surface area (Å²) in [6, 6.07) is 47.7. The third-order valence-corrected chi connectivity index (χ3v) is 9.05. The largest absolute Gasteiger partial charge is 0.309 e. The Kier molecular flexibility index (Phi) is 5.95. The van der Waals surface area contributed by atoms with Crippen molar-refractivity contribution in [3.8, 4) is 28.3 Å². The van der Waals surface area contributed by atoms with Crippen LogP contribution >= 0.6 is 0 Å². The van der Waals surface area contributed by atoms with Crippen LogP contribution in [0.3, 0.4) is 0 Å². The molecule has 9 rings (SSSR count). The van der Waals surface area contributed by atoms with Crippen LogP contribution in [-0.4, -0.2) is 14.5 Å². The predicted molar refractivity (Wildman–Crippen MR) is 189 cm³/mol. The van der Waals surface area contributed by atoms with Gasteiger partial charge in [0.25, 0.3) is 0 Å². The van der Waals surface area contributed by atoms with Gasteiger partial charge >= 0.3 is 0 Å². The molecule has 0 amide bonds. The van der Waals surface area contributed by atoms with Crippen LogP contribution in [0.1, 0.15) is 18.5 Å². The predicted octanol–water partition coefficient (Wildman–Crippen LogP) is 10.9. The lowest BCUT2D eigenvalue weighted by Crippen LogP contribution is -2.00. The van der Waals surface area contributed by atoms with Crippen LogP contribution < -0.4 is 0 Å². The number of rotatable bonds is 4. The first-order valence-electron chi connectivity index (χ1n) is 15.6. The van der Waals surface area contributed by atoms with Crippen LogP contribution in [0.5, 0.6) is 0 Å². The number of aromatic nitrogens is 3. The maximum Gasteiger partial charge on any atom is 0.160 e. The quantitative estimate of drug-likeness (QED) is 0.209. The van der Waals surface area contributed by atoms with Crippen molar-refractivity contribution in [3.63, 3.8) is 0 Å². The fraction of sp³-hybridized carbons (Fsp3) is 0.0476. The second-order valence-corrected chi connectivity index (χ2v) is 11.7. The van der Waals surface area contributed by atoms with E-state index in [0.717, 1.165) is 46.9 Å². The molecule has 0 aliphatic heterocycles. The first-order chi connectivity index (χ1) is 22.3. The molecule has 0 atom stereocenters. The third-order valence-electron chi connectivity index (χ3n) is 9.05. The van der Waals surface area contributed by atoms with Crippen LogP contribution in [0.15, 0.2) is 152 Å². The SMILES string of the molecule is C1=CCCC(c2cc(-c3cccc(-n4c5ccc6ccccc6c5c5c6ccccc6ccc54)c3)nc(-c3ccccc3)n2)=C1. The minimum atomic E-state index is 0.749. The lowest BCUT2D eigenvalue weighted by atomic mass is 10.00. The molecular weight excluding hydrogens is 546 g/mol. The molecule has 3 nitrogen and oxygen atoms in total. The highest BCUT2D eigenvalue weighted by molar-refractivity contribution is 6.28. The Balaban J connectivity index is 1.30. The zero-order valence-electron chi connectivity index (χ0n) is 24.7. The summed E-state index contributed by atoms with van der Waals surface area (Å²) in [5, 5.41) is 7.62. The second kappa shape index (κ2) is 10.4. The van der Waals surface area contributed by atoms with Gasteiger partial charge in [-0.1, -0.05) is 121 Å². The summed E-state index contributed by atoms with van der Waals surface area (Å²) in [4.78, 5) is 10.2. The van der Waals surface area contributed by atoms with E-state index in [1.54, 1.807) is 0 Å². The Morgan fingerprint density at radius 1 is 0.533 bits per heavy atom. The molecule has 212 valence electrons. The van der Waals surface area contributed by atoms with Gasteiger partial charge in [-0.2, -0.15) is 0 Å². The maximum absolute atomic E-state index is 5.13. The molecular formula is C42H29N3. The number of allylic oxidation sites excluding steroid dienone is 4. The molecule has 6 aromatic carbocycles. The van der Waals surface area contributed by atoms with Gasteiger partial charge in [0.05, 0.1) is 22.4 Å². The molecule has 3 heteroatoms. The van der Waals surface area contributed by atoms with Crippen molar-refractivity contribution in [2.24, 2.45) is 0 Å². The van der Waals surface area contributed by atoms with Gasteiger partial charge < -0.3 is 4.57 Å². The standard InChI is InChI=1S/C42H29N3/c1-3-14-30(15-4-1)36-27-37(44-42(43-36)31-16-5-2-6-17-31)32-18-11-19-33(26-32)45-38-24-22-28-12-7-9-20-34(28)40(38)41-35-21-10-8-13-29(35)23-25-39(41)45/h1-3,5-14,16-27H,4,15H2. The van der Waals surface area contributed by atoms with E-state index in [-0.39, 0.29) is 0 Å². The van der Waals surface area contributed by atoms with Gasteiger partial charge in [-0.25, -0.2) is 9.97 Å². The average Bonchev–Trinajstić information content (AvgIpc) is 3.48. The molecule has 0 unspecified atom stereocenters. The number of hydrogen-bond acceptors (Lipinski definition) is 2. The number of nitrogens with zero attached hydrogens (tertiary/aromatic N) is 3. The number of hydrogen-bond donors (Lipinski definition) is 0. The molecule has 2 aromatic heterocycles. The van der Waals surface area contributed by atoms with Crippen molar-refractivity contribution in [1.82, 2.24) is 14.5 Å². The van der Waals surface area contributed by atoms with Crippen LogP contribution in [0.2, 0.25) is 0 Å². The Morgan fingerprint density at radius 3 is 1.87 bits per heavy atom. The summed E-state index contributed by atoms with van der Waals surface area (Å²) in [6.07, 6.45) is 8.54. The van der Waals surface area contributed by atoms with Crippen molar-refractivity contribution >= 4 is 48.9 Å². The molecule has 0 fully saturated rings. The summed E-state index contributed by atoms with van der Waals surface area (Å²) in [5.41, 5.74) is 8.75. The Morgan fingerprint density at radius 2 is 1.18 bits per heavy atom. The van der Waals surface area contributed by atoms with E-state index < -0.39 is 0 Å². The Bertz CT molecular complexity index is 2390. The summed E-state index contributed by atoms with van der Waals surface area (Å²) in [5.74, 6) is 0.749. The summed E-state index contributed by atoms with van der Waals surface area (Å²) in [6.45, 7) is 0. The van der Waals surface area contributed by atoms with E-state index in [4.69, 9.17) is 9.97 Å². The van der Waals surface area contributed by atoms with Gasteiger partial charge in [0, 0.05) is 27.6 Å². The molecule has 45 heavy (non-hydrogen) atoms. The summed E-state index contributed by atoms with van der Waals surface area (Å²) >= 11 is 0. The third kappa shape index (κ3) is 4.28. The Labute approximate surface area is 261 Å². The molecule has 8 aromatic rings. The van der Waals surface area contributed by atoms with Gasteiger partial charge in [0.2, 0.25) is 0 Å². The number of fused-ring (bicyclic) bond motifs is 7.